The van der Waals surface area contributed by atoms with E-state index in [2.05, 4.69) is 24.3 Å². The highest BCUT2D eigenvalue weighted by Crippen LogP contribution is 2.38. The molecule has 25 heavy (non-hydrogen) atoms. The molecule has 0 bridgehead atoms. The Morgan fingerprint density at radius 2 is 1.88 bits per heavy atom. The van der Waals surface area contributed by atoms with Crippen LogP contribution in [0, 0.1) is 11.8 Å². The van der Waals surface area contributed by atoms with E-state index in [4.69, 9.17) is 9.47 Å². The molecule has 1 aromatic rings. The van der Waals surface area contributed by atoms with E-state index in [0.29, 0.717) is 25.0 Å². The van der Waals surface area contributed by atoms with Crippen molar-refractivity contribution >= 4 is 0 Å². The van der Waals surface area contributed by atoms with Crippen molar-refractivity contribution in [2.45, 2.75) is 45.4 Å². The molecule has 2 atom stereocenters. The van der Waals surface area contributed by atoms with E-state index in [1.165, 1.54) is 18.4 Å². The van der Waals surface area contributed by atoms with E-state index in [1.807, 2.05) is 19.1 Å². The van der Waals surface area contributed by atoms with Gasteiger partial charge in [0.25, 0.3) is 0 Å². The number of aliphatic hydroxyl groups is 1. The zero-order chi connectivity index (χ0) is 17.5. The molecule has 1 fully saturated rings. The molecular weight excluding hydrogens is 312 g/mol. The van der Waals surface area contributed by atoms with Gasteiger partial charge in [0.1, 0.15) is 5.75 Å². The summed E-state index contributed by atoms with van der Waals surface area (Å²) in [4.78, 5) is 0. The molecule has 2 aliphatic rings. The maximum Gasteiger partial charge on any atom is 0.119 e. The third kappa shape index (κ3) is 5.12. The van der Waals surface area contributed by atoms with Gasteiger partial charge in [0.2, 0.25) is 0 Å². The summed E-state index contributed by atoms with van der Waals surface area (Å²) in [5.41, 5.74) is 2.83. The lowest BCUT2D eigenvalue weighted by atomic mass is 9.89. The van der Waals surface area contributed by atoms with Gasteiger partial charge in [0, 0.05) is 19.4 Å². The molecule has 0 saturated heterocycles. The maximum atomic E-state index is 9.30. The third-order valence-electron chi connectivity index (χ3n) is 5.38. The van der Waals surface area contributed by atoms with Crippen molar-refractivity contribution < 1.29 is 14.6 Å². The minimum Gasteiger partial charge on any atom is -0.498 e. The van der Waals surface area contributed by atoms with Crippen LogP contribution in [0.5, 0.6) is 5.75 Å². The standard InChI is InChI=1S/C22H30O3/c1-2-24-21-9-4-17(5-10-21)13-14-25-22-11-7-19(8-12-22)20-6-3-18(15-20)16-23/h4-5,7,9-11,18,20,23H,2-3,6,8,12-16H2,1H3. The number of benzene rings is 1. The summed E-state index contributed by atoms with van der Waals surface area (Å²) in [6.45, 7) is 3.77. The molecule has 1 N–H and O–H groups in total. The first-order valence-electron chi connectivity index (χ1n) is 9.63. The molecule has 0 aliphatic heterocycles. The minimum atomic E-state index is 0.347. The van der Waals surface area contributed by atoms with Crippen LogP contribution in [-0.4, -0.2) is 24.9 Å². The Bertz CT molecular complexity index is 600. The van der Waals surface area contributed by atoms with Crippen LogP contribution < -0.4 is 4.74 Å². The Morgan fingerprint density at radius 3 is 2.52 bits per heavy atom. The molecule has 0 heterocycles. The number of ether oxygens (including phenoxy) is 2. The molecule has 0 spiro atoms. The van der Waals surface area contributed by atoms with Crippen molar-refractivity contribution in [2.24, 2.45) is 11.8 Å². The third-order valence-corrected chi connectivity index (χ3v) is 5.38. The summed E-state index contributed by atoms with van der Waals surface area (Å²) in [5.74, 6) is 3.22. The molecule has 3 rings (SSSR count). The van der Waals surface area contributed by atoms with Crippen LogP contribution in [0.25, 0.3) is 0 Å². The normalized spacial score (nSPS) is 23.1. The second-order valence-electron chi connectivity index (χ2n) is 7.11. The summed E-state index contributed by atoms with van der Waals surface area (Å²) in [7, 11) is 0. The van der Waals surface area contributed by atoms with Crippen molar-refractivity contribution in [3.63, 3.8) is 0 Å². The highest BCUT2D eigenvalue weighted by Gasteiger charge is 2.27. The Morgan fingerprint density at radius 1 is 1.04 bits per heavy atom. The first-order valence-corrected chi connectivity index (χ1v) is 9.63. The summed E-state index contributed by atoms with van der Waals surface area (Å²) in [6.07, 6.45) is 11.0. The van der Waals surface area contributed by atoms with Crippen molar-refractivity contribution in [1.29, 1.82) is 0 Å². The van der Waals surface area contributed by atoms with E-state index in [-0.39, 0.29) is 0 Å². The summed E-state index contributed by atoms with van der Waals surface area (Å²) in [6, 6.07) is 8.27. The fourth-order valence-corrected chi connectivity index (χ4v) is 3.89. The summed E-state index contributed by atoms with van der Waals surface area (Å²) in [5, 5.41) is 9.30. The lowest BCUT2D eigenvalue weighted by Gasteiger charge is -2.20. The Balaban J connectivity index is 1.43. The van der Waals surface area contributed by atoms with Gasteiger partial charge in [0.05, 0.1) is 19.0 Å². The van der Waals surface area contributed by atoms with E-state index < -0.39 is 0 Å². The molecule has 2 aliphatic carbocycles. The molecule has 0 aromatic heterocycles. The van der Waals surface area contributed by atoms with Gasteiger partial charge in [-0.15, -0.1) is 0 Å². The fraction of sp³-hybridized carbons (Fsp3) is 0.545. The fourth-order valence-electron chi connectivity index (χ4n) is 3.89. The van der Waals surface area contributed by atoms with Crippen LogP contribution in [-0.2, 0) is 11.2 Å². The van der Waals surface area contributed by atoms with Crippen LogP contribution in [0.2, 0.25) is 0 Å². The highest BCUT2D eigenvalue weighted by molar-refractivity contribution is 5.27. The summed E-state index contributed by atoms with van der Waals surface area (Å²) < 4.78 is 11.4. The number of hydrogen-bond donors (Lipinski definition) is 1. The monoisotopic (exact) mass is 342 g/mol. The largest absolute Gasteiger partial charge is 0.498 e. The van der Waals surface area contributed by atoms with Crippen LogP contribution >= 0.6 is 0 Å². The number of allylic oxidation sites excluding steroid dienone is 4. The van der Waals surface area contributed by atoms with Gasteiger partial charge in [-0.25, -0.2) is 0 Å². The topological polar surface area (TPSA) is 38.7 Å². The minimum absolute atomic E-state index is 0.347. The van der Waals surface area contributed by atoms with E-state index in [1.54, 1.807) is 5.57 Å². The first-order chi connectivity index (χ1) is 12.3. The number of aliphatic hydroxyl groups excluding tert-OH is 1. The lowest BCUT2D eigenvalue weighted by molar-refractivity contribution is 0.203. The Hall–Kier alpha value is -1.74. The second kappa shape index (κ2) is 9.10. The van der Waals surface area contributed by atoms with Crippen molar-refractivity contribution in [2.75, 3.05) is 19.8 Å². The molecular formula is C22H30O3. The van der Waals surface area contributed by atoms with E-state index >= 15 is 0 Å². The molecule has 136 valence electrons. The van der Waals surface area contributed by atoms with E-state index in [9.17, 15) is 5.11 Å². The zero-order valence-corrected chi connectivity index (χ0v) is 15.2. The average molecular weight is 342 g/mol. The van der Waals surface area contributed by atoms with Gasteiger partial charge in [-0.2, -0.15) is 0 Å². The van der Waals surface area contributed by atoms with Gasteiger partial charge in [-0.3, -0.25) is 0 Å². The van der Waals surface area contributed by atoms with Crippen LogP contribution in [0.1, 0.15) is 44.6 Å². The maximum absolute atomic E-state index is 9.30. The number of rotatable bonds is 8. The predicted molar refractivity (Wildman–Crippen MR) is 101 cm³/mol. The van der Waals surface area contributed by atoms with Crippen LogP contribution in [0.3, 0.4) is 0 Å². The van der Waals surface area contributed by atoms with Gasteiger partial charge in [-0.05, 0) is 68.2 Å². The van der Waals surface area contributed by atoms with Crippen molar-refractivity contribution in [3.8, 4) is 5.75 Å². The highest BCUT2D eigenvalue weighted by atomic mass is 16.5. The summed E-state index contributed by atoms with van der Waals surface area (Å²) >= 11 is 0. The van der Waals surface area contributed by atoms with Gasteiger partial charge >= 0.3 is 0 Å². The van der Waals surface area contributed by atoms with E-state index in [0.717, 1.165) is 43.8 Å². The Kier molecular flexibility index (Phi) is 6.57. The molecule has 3 heteroatoms. The van der Waals surface area contributed by atoms with Crippen molar-refractivity contribution in [1.82, 2.24) is 0 Å². The Labute approximate surface area is 151 Å². The predicted octanol–water partition coefficient (Wildman–Crippen LogP) is 4.66. The average Bonchev–Trinajstić information content (AvgIpc) is 3.13. The van der Waals surface area contributed by atoms with Crippen molar-refractivity contribution in [3.05, 3.63) is 53.3 Å². The number of hydrogen-bond acceptors (Lipinski definition) is 3. The first kappa shape index (κ1) is 18.1. The van der Waals surface area contributed by atoms with Crippen LogP contribution in [0.4, 0.5) is 0 Å². The molecule has 1 saturated carbocycles. The van der Waals surface area contributed by atoms with Gasteiger partial charge < -0.3 is 14.6 Å². The molecule has 0 radical (unpaired) electrons. The SMILES string of the molecule is CCOc1ccc(CCOC2=CC=C(C3CCC(CO)C3)CC2)cc1. The molecule has 2 unspecified atom stereocenters. The zero-order valence-electron chi connectivity index (χ0n) is 15.2. The quantitative estimate of drug-likeness (QED) is 0.747. The molecule has 0 amide bonds. The molecule has 1 aromatic carbocycles. The van der Waals surface area contributed by atoms with Crippen LogP contribution in [0.15, 0.2) is 47.7 Å². The lowest BCUT2D eigenvalue weighted by Crippen LogP contribution is -2.07. The molecule has 3 nitrogen and oxygen atoms in total. The van der Waals surface area contributed by atoms with Gasteiger partial charge in [0.15, 0.2) is 0 Å². The smallest absolute Gasteiger partial charge is 0.119 e. The van der Waals surface area contributed by atoms with Gasteiger partial charge in [-0.1, -0.05) is 23.8 Å². The second-order valence-corrected chi connectivity index (χ2v) is 7.11.